The first-order valence-corrected chi connectivity index (χ1v) is 9.07. The number of nitrogens with one attached hydrogen (secondary N) is 2. The normalized spacial score (nSPS) is 14.4. The molecule has 1 aliphatic rings. The number of benzene rings is 1. The summed E-state index contributed by atoms with van der Waals surface area (Å²) in [7, 11) is 0. The molecule has 1 aliphatic carbocycles. The van der Waals surface area contributed by atoms with E-state index in [4.69, 9.17) is 0 Å². The van der Waals surface area contributed by atoms with E-state index in [1.165, 1.54) is 6.07 Å². The molecule has 0 atom stereocenters. The average Bonchev–Trinajstić information content (AvgIpc) is 3.32. The molecule has 0 aliphatic heterocycles. The Morgan fingerprint density at radius 3 is 2.57 bits per heavy atom. The summed E-state index contributed by atoms with van der Waals surface area (Å²) in [5.41, 5.74) is 0.569. The fourth-order valence-electron chi connectivity index (χ4n) is 3.45. The van der Waals surface area contributed by atoms with Crippen molar-refractivity contribution in [1.82, 2.24) is 14.7 Å². The highest BCUT2D eigenvalue weighted by Gasteiger charge is 2.24. The number of hydrogen-bond acceptors (Lipinski definition) is 3. The third-order valence-corrected chi connectivity index (χ3v) is 4.83. The van der Waals surface area contributed by atoms with Gasteiger partial charge in [-0.15, -0.1) is 0 Å². The Kier molecular flexibility index (Phi) is 4.77. The maximum absolute atomic E-state index is 13.4. The van der Waals surface area contributed by atoms with Crippen LogP contribution in [0.15, 0.2) is 42.6 Å². The minimum atomic E-state index is -1.07. The van der Waals surface area contributed by atoms with Crippen LogP contribution in [0.25, 0.3) is 5.52 Å². The van der Waals surface area contributed by atoms with E-state index < -0.39 is 17.5 Å². The Hall–Kier alpha value is -3.29. The predicted octanol–water partition coefficient (Wildman–Crippen LogP) is 3.54. The lowest BCUT2D eigenvalue weighted by molar-refractivity contribution is 0.0926. The van der Waals surface area contributed by atoms with E-state index >= 15 is 0 Å². The first-order valence-electron chi connectivity index (χ1n) is 9.07. The molecule has 4 rings (SSSR count). The number of anilines is 1. The maximum Gasteiger partial charge on any atom is 0.287 e. The summed E-state index contributed by atoms with van der Waals surface area (Å²) in [6.45, 7) is 0. The van der Waals surface area contributed by atoms with Crippen LogP contribution in [0.1, 0.15) is 46.8 Å². The van der Waals surface area contributed by atoms with Crippen molar-refractivity contribution in [3.63, 3.8) is 0 Å². The van der Waals surface area contributed by atoms with E-state index in [0.717, 1.165) is 37.8 Å². The molecule has 144 valence electrons. The van der Waals surface area contributed by atoms with Crippen molar-refractivity contribution in [3.8, 4) is 0 Å². The van der Waals surface area contributed by atoms with Crippen molar-refractivity contribution in [3.05, 3.63) is 65.7 Å². The van der Waals surface area contributed by atoms with Crippen LogP contribution in [-0.2, 0) is 0 Å². The highest BCUT2D eigenvalue weighted by atomic mass is 19.2. The van der Waals surface area contributed by atoms with E-state index in [2.05, 4.69) is 15.6 Å². The molecule has 28 heavy (non-hydrogen) atoms. The van der Waals surface area contributed by atoms with Crippen LogP contribution in [0.4, 0.5) is 14.5 Å². The van der Waals surface area contributed by atoms with Gasteiger partial charge in [0.15, 0.2) is 17.3 Å². The number of fused-ring (bicyclic) bond motifs is 1. The summed E-state index contributed by atoms with van der Waals surface area (Å²) in [6, 6.07) is 8.31. The van der Waals surface area contributed by atoms with Crippen LogP contribution < -0.4 is 10.6 Å². The molecule has 0 saturated heterocycles. The number of aromatic nitrogens is 2. The Labute approximate surface area is 159 Å². The van der Waals surface area contributed by atoms with Crippen molar-refractivity contribution in [2.45, 2.75) is 31.7 Å². The van der Waals surface area contributed by atoms with Crippen molar-refractivity contribution >= 4 is 23.0 Å². The lowest BCUT2D eigenvalue weighted by atomic mass is 10.2. The Morgan fingerprint density at radius 2 is 1.82 bits per heavy atom. The van der Waals surface area contributed by atoms with Gasteiger partial charge in [-0.3, -0.25) is 14.0 Å². The first kappa shape index (κ1) is 18.1. The number of hydrogen-bond donors (Lipinski definition) is 2. The molecule has 2 amide bonds. The number of carbonyl (C=O) groups excluding carboxylic acids is 2. The molecule has 6 nitrogen and oxygen atoms in total. The molecule has 0 spiro atoms. The van der Waals surface area contributed by atoms with Gasteiger partial charge in [-0.05, 0) is 37.1 Å². The summed E-state index contributed by atoms with van der Waals surface area (Å²) in [5.74, 6) is -2.92. The van der Waals surface area contributed by atoms with E-state index in [-0.39, 0.29) is 29.2 Å². The SMILES string of the molecule is O=C(Nc1ccc(F)c(F)c1)c1nc(C(=O)NC2CCCC2)n2ccccc12. The van der Waals surface area contributed by atoms with Crippen LogP contribution in [0, 0.1) is 11.6 Å². The second-order valence-corrected chi connectivity index (χ2v) is 6.78. The second-order valence-electron chi connectivity index (χ2n) is 6.78. The van der Waals surface area contributed by atoms with E-state index in [9.17, 15) is 18.4 Å². The number of nitrogens with zero attached hydrogens (tertiary/aromatic N) is 2. The van der Waals surface area contributed by atoms with Gasteiger partial charge in [-0.2, -0.15) is 0 Å². The van der Waals surface area contributed by atoms with Gasteiger partial charge in [-0.1, -0.05) is 18.9 Å². The molecule has 8 heteroatoms. The maximum atomic E-state index is 13.4. The third kappa shape index (κ3) is 3.45. The third-order valence-electron chi connectivity index (χ3n) is 4.83. The van der Waals surface area contributed by atoms with Crippen LogP contribution in [-0.4, -0.2) is 27.2 Å². The van der Waals surface area contributed by atoms with E-state index in [1.807, 2.05) is 0 Å². The molecular weight excluding hydrogens is 366 g/mol. The Balaban J connectivity index is 1.64. The number of imidazole rings is 1. The minimum absolute atomic E-state index is 0.0295. The van der Waals surface area contributed by atoms with Crippen molar-refractivity contribution in [2.24, 2.45) is 0 Å². The molecular formula is C20H18F2N4O2. The van der Waals surface area contributed by atoms with E-state index in [1.54, 1.807) is 28.8 Å². The van der Waals surface area contributed by atoms with Gasteiger partial charge in [0.2, 0.25) is 5.82 Å². The van der Waals surface area contributed by atoms with Crippen LogP contribution in [0.2, 0.25) is 0 Å². The number of amides is 2. The summed E-state index contributed by atoms with van der Waals surface area (Å²) >= 11 is 0. The zero-order chi connectivity index (χ0) is 19.7. The fourth-order valence-corrected chi connectivity index (χ4v) is 3.45. The van der Waals surface area contributed by atoms with Crippen molar-refractivity contribution < 1.29 is 18.4 Å². The molecule has 1 aromatic carbocycles. The zero-order valence-corrected chi connectivity index (χ0v) is 14.9. The molecule has 3 aromatic rings. The summed E-state index contributed by atoms with van der Waals surface area (Å²) in [4.78, 5) is 29.6. The summed E-state index contributed by atoms with van der Waals surface area (Å²) < 4.78 is 28.0. The number of carbonyl (C=O) groups is 2. The summed E-state index contributed by atoms with van der Waals surface area (Å²) in [5, 5.41) is 5.45. The fraction of sp³-hybridized carbons (Fsp3) is 0.250. The molecule has 0 radical (unpaired) electrons. The lowest BCUT2D eigenvalue weighted by Gasteiger charge is -2.10. The van der Waals surface area contributed by atoms with Crippen molar-refractivity contribution in [1.29, 1.82) is 0 Å². The van der Waals surface area contributed by atoms with Crippen LogP contribution in [0.5, 0.6) is 0 Å². The van der Waals surface area contributed by atoms with Gasteiger partial charge in [0.25, 0.3) is 11.8 Å². The van der Waals surface area contributed by atoms with Gasteiger partial charge in [0.05, 0.1) is 5.52 Å². The smallest absolute Gasteiger partial charge is 0.287 e. The van der Waals surface area contributed by atoms with Gasteiger partial charge in [0.1, 0.15) is 0 Å². The number of pyridine rings is 1. The molecule has 0 bridgehead atoms. The molecule has 1 saturated carbocycles. The number of halogens is 2. The highest BCUT2D eigenvalue weighted by Crippen LogP contribution is 2.20. The van der Waals surface area contributed by atoms with Gasteiger partial charge < -0.3 is 10.6 Å². The average molecular weight is 384 g/mol. The predicted molar refractivity (Wildman–Crippen MR) is 99.2 cm³/mol. The molecule has 2 aromatic heterocycles. The van der Waals surface area contributed by atoms with Crippen LogP contribution in [0.3, 0.4) is 0 Å². The largest absolute Gasteiger partial charge is 0.347 e. The zero-order valence-electron chi connectivity index (χ0n) is 14.9. The standard InChI is InChI=1S/C20H18F2N4O2/c21-14-9-8-13(11-15(14)22)24-19(27)17-16-7-3-4-10-26(16)18(25-17)20(28)23-12-5-1-2-6-12/h3-4,7-12H,1-2,5-6H2,(H,23,28)(H,24,27). The van der Waals surface area contributed by atoms with Crippen molar-refractivity contribution in [2.75, 3.05) is 5.32 Å². The summed E-state index contributed by atoms with van der Waals surface area (Å²) in [6.07, 6.45) is 5.67. The Bertz CT molecular complexity index is 1060. The molecule has 2 N–H and O–H groups in total. The topological polar surface area (TPSA) is 75.5 Å². The van der Waals surface area contributed by atoms with E-state index in [0.29, 0.717) is 5.52 Å². The number of rotatable bonds is 4. The monoisotopic (exact) mass is 384 g/mol. The molecule has 1 fully saturated rings. The molecule has 2 heterocycles. The van der Waals surface area contributed by atoms with Crippen LogP contribution >= 0.6 is 0 Å². The minimum Gasteiger partial charge on any atom is -0.347 e. The van der Waals surface area contributed by atoms with Gasteiger partial charge in [-0.25, -0.2) is 13.8 Å². The quantitative estimate of drug-likeness (QED) is 0.723. The lowest BCUT2D eigenvalue weighted by Crippen LogP contribution is -2.33. The molecule has 0 unspecified atom stereocenters. The Morgan fingerprint density at radius 1 is 1.04 bits per heavy atom. The first-order chi connectivity index (χ1) is 13.5. The van der Waals surface area contributed by atoms with Gasteiger partial charge in [0, 0.05) is 24.0 Å². The van der Waals surface area contributed by atoms with Gasteiger partial charge >= 0.3 is 0 Å². The highest BCUT2D eigenvalue weighted by molar-refractivity contribution is 6.08. The second kappa shape index (κ2) is 7.38.